The first-order chi connectivity index (χ1) is 9.91. The van der Waals surface area contributed by atoms with Crippen molar-refractivity contribution in [1.29, 1.82) is 0 Å². The second kappa shape index (κ2) is 6.34. The fourth-order valence-corrected chi connectivity index (χ4v) is 3.39. The van der Waals surface area contributed by atoms with Gasteiger partial charge < -0.3 is 10.0 Å². The minimum atomic E-state index is -0.947. The van der Waals surface area contributed by atoms with Gasteiger partial charge in [0.2, 0.25) is 5.91 Å². The van der Waals surface area contributed by atoms with Crippen LogP contribution in [0.25, 0.3) is 6.08 Å². The van der Waals surface area contributed by atoms with Gasteiger partial charge in [0.25, 0.3) is 0 Å². The zero-order valence-electron chi connectivity index (χ0n) is 12.4. The van der Waals surface area contributed by atoms with Crippen LogP contribution < -0.4 is 0 Å². The second-order valence-corrected chi connectivity index (χ2v) is 6.15. The van der Waals surface area contributed by atoms with E-state index < -0.39 is 12.0 Å². The molecule has 0 aliphatic carbocycles. The predicted octanol–water partition coefficient (Wildman–Crippen LogP) is 1.08. The lowest BCUT2D eigenvalue weighted by molar-refractivity contribution is -0.147. The van der Waals surface area contributed by atoms with E-state index in [9.17, 15) is 14.7 Å². The van der Waals surface area contributed by atoms with Gasteiger partial charge in [-0.25, -0.2) is 4.79 Å². The van der Waals surface area contributed by atoms with Crippen molar-refractivity contribution >= 4 is 29.7 Å². The minimum absolute atomic E-state index is 0.259. The molecule has 0 bridgehead atoms. The number of aliphatic carboxylic acids is 1. The Labute approximate surface area is 127 Å². The quantitative estimate of drug-likeness (QED) is 0.846. The molecule has 2 heterocycles. The Kier molecular flexibility index (Phi) is 4.72. The number of carboxylic acids is 1. The van der Waals surface area contributed by atoms with Crippen LogP contribution in [0.1, 0.15) is 17.0 Å². The molecular weight excluding hydrogens is 290 g/mol. The van der Waals surface area contributed by atoms with Gasteiger partial charge in [0.05, 0.1) is 5.69 Å². The topological polar surface area (TPSA) is 75.4 Å². The molecule has 1 aromatic rings. The van der Waals surface area contributed by atoms with E-state index in [2.05, 4.69) is 5.10 Å². The van der Waals surface area contributed by atoms with Crippen molar-refractivity contribution < 1.29 is 14.7 Å². The smallest absolute Gasteiger partial charge is 0.327 e. The van der Waals surface area contributed by atoms with Crippen molar-refractivity contribution in [2.75, 3.05) is 18.1 Å². The summed E-state index contributed by atoms with van der Waals surface area (Å²) >= 11 is 1.56. The van der Waals surface area contributed by atoms with Crippen molar-refractivity contribution in [2.24, 2.45) is 7.05 Å². The third-order valence-corrected chi connectivity index (χ3v) is 4.68. The summed E-state index contributed by atoms with van der Waals surface area (Å²) in [6.45, 7) is 4.28. The number of carbonyl (C=O) groups excluding carboxylic acids is 1. The Morgan fingerprint density at radius 1 is 1.43 bits per heavy atom. The van der Waals surface area contributed by atoms with E-state index >= 15 is 0 Å². The zero-order chi connectivity index (χ0) is 15.6. The highest BCUT2D eigenvalue weighted by molar-refractivity contribution is 7.99. The Balaban J connectivity index is 2.16. The summed E-state index contributed by atoms with van der Waals surface area (Å²) in [4.78, 5) is 24.9. The first-order valence-electron chi connectivity index (χ1n) is 6.71. The van der Waals surface area contributed by atoms with Crippen LogP contribution in [0, 0.1) is 13.8 Å². The van der Waals surface area contributed by atoms with E-state index in [4.69, 9.17) is 0 Å². The van der Waals surface area contributed by atoms with Gasteiger partial charge in [-0.1, -0.05) is 0 Å². The molecule has 21 heavy (non-hydrogen) atoms. The molecule has 114 valence electrons. The van der Waals surface area contributed by atoms with Gasteiger partial charge in [-0.3, -0.25) is 9.48 Å². The maximum atomic E-state index is 12.3. The summed E-state index contributed by atoms with van der Waals surface area (Å²) in [5.41, 5.74) is 2.73. The number of aryl methyl sites for hydroxylation is 2. The maximum absolute atomic E-state index is 12.3. The van der Waals surface area contributed by atoms with Crippen molar-refractivity contribution in [3.05, 3.63) is 23.0 Å². The molecule has 6 nitrogen and oxygen atoms in total. The van der Waals surface area contributed by atoms with Crippen molar-refractivity contribution in [2.45, 2.75) is 19.9 Å². The van der Waals surface area contributed by atoms with Crippen LogP contribution in [-0.4, -0.2) is 55.8 Å². The number of carbonyl (C=O) groups is 2. The van der Waals surface area contributed by atoms with E-state index in [1.807, 2.05) is 20.9 Å². The van der Waals surface area contributed by atoms with Gasteiger partial charge in [-0.2, -0.15) is 16.9 Å². The van der Waals surface area contributed by atoms with Gasteiger partial charge in [0.1, 0.15) is 6.04 Å². The van der Waals surface area contributed by atoms with Gasteiger partial charge >= 0.3 is 5.97 Å². The first-order valence-corrected chi connectivity index (χ1v) is 7.86. The van der Waals surface area contributed by atoms with E-state index in [1.165, 1.54) is 11.0 Å². The van der Waals surface area contributed by atoms with Crippen LogP contribution in [0.2, 0.25) is 0 Å². The molecular formula is C14H19N3O3S. The third-order valence-electron chi connectivity index (χ3n) is 3.65. The summed E-state index contributed by atoms with van der Waals surface area (Å²) in [6.07, 6.45) is 3.17. The number of rotatable bonds is 3. The fourth-order valence-electron chi connectivity index (χ4n) is 2.35. The number of carboxylic acid groups (broad SMARTS) is 1. The molecule has 1 atom stereocenters. The van der Waals surface area contributed by atoms with Crippen molar-refractivity contribution in [3.8, 4) is 0 Å². The Bertz CT molecular complexity index is 595. The molecule has 0 radical (unpaired) electrons. The first kappa shape index (κ1) is 15.6. The SMILES string of the molecule is Cc1nn(C)c(C)c1/C=C/C(=O)N1CCSCC1C(=O)O. The average molecular weight is 309 g/mol. The highest BCUT2D eigenvalue weighted by Crippen LogP contribution is 2.18. The largest absolute Gasteiger partial charge is 0.480 e. The molecule has 1 unspecified atom stereocenters. The van der Waals surface area contributed by atoms with Crippen molar-refractivity contribution in [1.82, 2.24) is 14.7 Å². The van der Waals surface area contributed by atoms with Gasteiger partial charge in [0, 0.05) is 42.4 Å². The zero-order valence-corrected chi connectivity index (χ0v) is 13.2. The number of hydrogen-bond acceptors (Lipinski definition) is 4. The van der Waals surface area contributed by atoms with Gasteiger partial charge in [-0.05, 0) is 19.9 Å². The summed E-state index contributed by atoms with van der Waals surface area (Å²) < 4.78 is 1.76. The lowest BCUT2D eigenvalue weighted by Gasteiger charge is -2.31. The molecule has 2 rings (SSSR count). The molecule has 7 heteroatoms. The summed E-state index contributed by atoms with van der Waals surface area (Å²) in [5, 5.41) is 13.5. The molecule has 0 aromatic carbocycles. The summed E-state index contributed by atoms with van der Waals surface area (Å²) in [5.74, 6) is 0.0109. The monoisotopic (exact) mass is 309 g/mol. The number of thioether (sulfide) groups is 1. The molecule has 1 aromatic heterocycles. The lowest BCUT2D eigenvalue weighted by atomic mass is 10.1. The van der Waals surface area contributed by atoms with Crippen molar-refractivity contribution in [3.63, 3.8) is 0 Å². The molecule has 0 spiro atoms. The number of nitrogens with zero attached hydrogens (tertiary/aromatic N) is 3. The average Bonchev–Trinajstić information content (AvgIpc) is 2.70. The van der Waals surface area contributed by atoms with E-state index in [0.717, 1.165) is 22.7 Å². The molecule has 1 aliphatic rings. The summed E-state index contributed by atoms with van der Waals surface area (Å²) in [6, 6.07) is -0.739. The fraction of sp³-hybridized carbons (Fsp3) is 0.500. The van der Waals surface area contributed by atoms with Gasteiger partial charge in [-0.15, -0.1) is 0 Å². The standard InChI is InChI=1S/C14H19N3O3S/c1-9-11(10(2)16(3)15-9)4-5-13(18)17-6-7-21-8-12(17)14(19)20/h4-5,12H,6-8H2,1-3H3,(H,19,20)/b5-4+. The van der Waals surface area contributed by atoms with E-state index in [1.54, 1.807) is 22.5 Å². The molecule has 0 saturated carbocycles. The highest BCUT2D eigenvalue weighted by Gasteiger charge is 2.31. The molecule has 1 saturated heterocycles. The van der Waals surface area contributed by atoms with Crippen LogP contribution in [0.4, 0.5) is 0 Å². The number of aromatic nitrogens is 2. The minimum Gasteiger partial charge on any atom is -0.480 e. The van der Waals surface area contributed by atoms with Crippen LogP contribution in [0.15, 0.2) is 6.08 Å². The van der Waals surface area contributed by atoms with Crippen LogP contribution in [0.3, 0.4) is 0 Å². The molecule has 1 fully saturated rings. The van der Waals surface area contributed by atoms with Crippen LogP contribution in [0.5, 0.6) is 0 Å². The normalized spacial score (nSPS) is 19.2. The Morgan fingerprint density at radius 3 is 2.71 bits per heavy atom. The molecule has 1 N–H and O–H groups in total. The molecule has 1 amide bonds. The number of hydrogen-bond donors (Lipinski definition) is 1. The highest BCUT2D eigenvalue weighted by atomic mass is 32.2. The van der Waals surface area contributed by atoms with Gasteiger partial charge in [0.15, 0.2) is 0 Å². The molecule has 1 aliphatic heterocycles. The predicted molar refractivity (Wildman–Crippen MR) is 82.2 cm³/mol. The summed E-state index contributed by atoms with van der Waals surface area (Å²) in [7, 11) is 1.85. The number of amides is 1. The van der Waals surface area contributed by atoms with Crippen LogP contribution in [-0.2, 0) is 16.6 Å². The van der Waals surface area contributed by atoms with E-state index in [-0.39, 0.29) is 5.91 Å². The van der Waals surface area contributed by atoms with E-state index in [0.29, 0.717) is 12.3 Å². The maximum Gasteiger partial charge on any atom is 0.327 e. The Hall–Kier alpha value is -1.76. The second-order valence-electron chi connectivity index (χ2n) is 5.00. The third kappa shape index (κ3) is 3.29. The van der Waals surface area contributed by atoms with Crippen LogP contribution >= 0.6 is 11.8 Å². The Morgan fingerprint density at radius 2 is 2.14 bits per heavy atom. The lowest BCUT2D eigenvalue weighted by Crippen LogP contribution is -2.49.